The van der Waals surface area contributed by atoms with Crippen LogP contribution in [0.3, 0.4) is 0 Å². The Kier molecular flexibility index (Phi) is 42.3. The van der Waals surface area contributed by atoms with E-state index in [2.05, 4.69) is 27.7 Å². The van der Waals surface area contributed by atoms with E-state index in [1.165, 1.54) is 167 Å². The fraction of sp³-hybridized carbons (Fsp3) is 0.939. The maximum absolute atomic E-state index is 12.7. The summed E-state index contributed by atoms with van der Waals surface area (Å²) in [5.41, 5.74) is 0. The normalized spacial score (nSPS) is 11.9. The topological polar surface area (TPSA) is 78.9 Å². The van der Waals surface area contributed by atoms with Gasteiger partial charge in [-0.25, -0.2) is 0 Å². The standard InChI is InChI=1S/C49H94O6/c1-5-7-9-11-13-15-17-19-21-23-25-29-34-38-42-49(52)55-46(44-54-48(51)41-37-33-30-26-27-31-35-39-45(3)4)43-53-47(50)40-36-32-28-24-22-20-18-16-14-12-10-8-6-2/h45-46H,5-44H2,1-4H3/t46-/m0/s1. The molecule has 0 aromatic heterocycles. The smallest absolute Gasteiger partial charge is 0.306 e. The summed E-state index contributed by atoms with van der Waals surface area (Å²) in [5, 5.41) is 0. The van der Waals surface area contributed by atoms with Gasteiger partial charge < -0.3 is 14.2 Å². The summed E-state index contributed by atoms with van der Waals surface area (Å²) >= 11 is 0. The molecule has 55 heavy (non-hydrogen) atoms. The van der Waals surface area contributed by atoms with E-state index in [-0.39, 0.29) is 31.1 Å². The molecule has 0 amide bonds. The molecule has 0 aliphatic carbocycles. The predicted molar refractivity (Wildman–Crippen MR) is 233 cm³/mol. The SMILES string of the molecule is CCCCCCCCCCCCCCCCC(=O)O[C@@H](COC(=O)CCCCCCCCCCCCCCC)COC(=O)CCCCCCCCCC(C)C. The van der Waals surface area contributed by atoms with E-state index < -0.39 is 6.10 Å². The number of unbranched alkanes of at least 4 members (excludes halogenated alkanes) is 31. The first-order valence-electron chi connectivity index (χ1n) is 24.4. The summed E-state index contributed by atoms with van der Waals surface area (Å²) in [6, 6.07) is 0. The third-order valence-corrected chi connectivity index (χ3v) is 11.0. The van der Waals surface area contributed by atoms with Crippen LogP contribution < -0.4 is 0 Å². The number of esters is 3. The van der Waals surface area contributed by atoms with E-state index in [1.54, 1.807) is 0 Å². The van der Waals surface area contributed by atoms with Gasteiger partial charge in [-0.15, -0.1) is 0 Å². The molecule has 0 heterocycles. The highest BCUT2D eigenvalue weighted by atomic mass is 16.6. The Balaban J connectivity index is 4.31. The van der Waals surface area contributed by atoms with Gasteiger partial charge in [0.15, 0.2) is 6.10 Å². The second kappa shape index (κ2) is 43.5. The lowest BCUT2D eigenvalue weighted by atomic mass is 10.0. The van der Waals surface area contributed by atoms with Crippen molar-refractivity contribution in [2.24, 2.45) is 5.92 Å². The van der Waals surface area contributed by atoms with Crippen molar-refractivity contribution in [1.29, 1.82) is 0 Å². The van der Waals surface area contributed by atoms with Crippen LogP contribution in [0.15, 0.2) is 0 Å². The molecule has 326 valence electrons. The first kappa shape index (κ1) is 53.4. The van der Waals surface area contributed by atoms with Crippen molar-refractivity contribution in [1.82, 2.24) is 0 Å². The number of ether oxygens (including phenoxy) is 3. The summed E-state index contributed by atoms with van der Waals surface area (Å²) in [4.78, 5) is 37.8. The van der Waals surface area contributed by atoms with Crippen LogP contribution in [-0.4, -0.2) is 37.2 Å². The number of carbonyl (C=O) groups excluding carboxylic acids is 3. The second-order valence-electron chi connectivity index (χ2n) is 17.2. The van der Waals surface area contributed by atoms with Crippen LogP contribution in [0, 0.1) is 5.92 Å². The Morgan fingerprint density at radius 1 is 0.345 bits per heavy atom. The van der Waals surface area contributed by atoms with Crippen LogP contribution in [0.25, 0.3) is 0 Å². The fourth-order valence-corrected chi connectivity index (χ4v) is 7.33. The number of hydrogen-bond donors (Lipinski definition) is 0. The van der Waals surface area contributed by atoms with Crippen molar-refractivity contribution in [3.63, 3.8) is 0 Å². The lowest BCUT2D eigenvalue weighted by molar-refractivity contribution is -0.167. The van der Waals surface area contributed by atoms with Crippen LogP contribution in [0.5, 0.6) is 0 Å². The molecular weight excluding hydrogens is 685 g/mol. The van der Waals surface area contributed by atoms with Gasteiger partial charge in [0.2, 0.25) is 0 Å². The van der Waals surface area contributed by atoms with Gasteiger partial charge >= 0.3 is 17.9 Å². The van der Waals surface area contributed by atoms with Gasteiger partial charge in [0.25, 0.3) is 0 Å². The molecule has 0 saturated heterocycles. The van der Waals surface area contributed by atoms with E-state index in [1.807, 2.05) is 0 Å². The summed E-state index contributed by atoms with van der Waals surface area (Å²) < 4.78 is 16.7. The first-order chi connectivity index (χ1) is 26.9. The Bertz CT molecular complexity index is 826. The maximum atomic E-state index is 12.7. The molecule has 0 rings (SSSR count). The van der Waals surface area contributed by atoms with Gasteiger partial charge in [-0.05, 0) is 25.2 Å². The van der Waals surface area contributed by atoms with Crippen LogP contribution >= 0.6 is 0 Å². The maximum Gasteiger partial charge on any atom is 0.306 e. The molecule has 0 spiro atoms. The number of rotatable bonds is 44. The zero-order valence-electron chi connectivity index (χ0n) is 37.4. The lowest BCUT2D eigenvalue weighted by Gasteiger charge is -2.18. The second-order valence-corrected chi connectivity index (χ2v) is 17.2. The third-order valence-electron chi connectivity index (χ3n) is 11.0. The monoisotopic (exact) mass is 779 g/mol. The molecule has 0 unspecified atom stereocenters. The summed E-state index contributed by atoms with van der Waals surface area (Å²) in [6.07, 6.45) is 43.7. The molecule has 6 nitrogen and oxygen atoms in total. The lowest BCUT2D eigenvalue weighted by Crippen LogP contribution is -2.30. The van der Waals surface area contributed by atoms with Gasteiger partial charge in [-0.1, -0.05) is 233 Å². The van der Waals surface area contributed by atoms with E-state index in [4.69, 9.17) is 14.2 Å². The number of hydrogen-bond acceptors (Lipinski definition) is 6. The summed E-state index contributed by atoms with van der Waals surface area (Å²) in [7, 11) is 0. The molecule has 0 bridgehead atoms. The molecule has 0 radical (unpaired) electrons. The predicted octanol–water partition coefficient (Wildman–Crippen LogP) is 15.5. The van der Waals surface area contributed by atoms with Crippen LogP contribution in [0.1, 0.15) is 272 Å². The van der Waals surface area contributed by atoms with Crippen LogP contribution in [-0.2, 0) is 28.6 Å². The Labute approximate surface area is 342 Å². The Morgan fingerprint density at radius 3 is 0.891 bits per heavy atom. The van der Waals surface area contributed by atoms with Crippen molar-refractivity contribution in [3.8, 4) is 0 Å². The quantitative estimate of drug-likeness (QED) is 0.0348. The minimum Gasteiger partial charge on any atom is -0.462 e. The summed E-state index contributed by atoms with van der Waals surface area (Å²) in [5.74, 6) is -0.0696. The highest BCUT2D eigenvalue weighted by Crippen LogP contribution is 2.16. The van der Waals surface area contributed by atoms with Gasteiger partial charge in [0.1, 0.15) is 13.2 Å². The first-order valence-corrected chi connectivity index (χ1v) is 24.4. The Hall–Kier alpha value is -1.59. The van der Waals surface area contributed by atoms with E-state index in [9.17, 15) is 14.4 Å². The van der Waals surface area contributed by atoms with Crippen molar-refractivity contribution in [2.75, 3.05) is 13.2 Å². The van der Waals surface area contributed by atoms with Gasteiger partial charge in [-0.3, -0.25) is 14.4 Å². The highest BCUT2D eigenvalue weighted by molar-refractivity contribution is 5.71. The molecule has 0 aromatic rings. The van der Waals surface area contributed by atoms with Crippen molar-refractivity contribution < 1.29 is 28.6 Å². The highest BCUT2D eigenvalue weighted by Gasteiger charge is 2.19. The van der Waals surface area contributed by atoms with Crippen LogP contribution in [0.2, 0.25) is 0 Å². The van der Waals surface area contributed by atoms with Crippen molar-refractivity contribution in [2.45, 2.75) is 278 Å². The van der Waals surface area contributed by atoms with E-state index in [0.29, 0.717) is 19.3 Å². The molecule has 0 N–H and O–H groups in total. The summed E-state index contributed by atoms with van der Waals surface area (Å²) in [6.45, 7) is 8.96. The van der Waals surface area contributed by atoms with Gasteiger partial charge in [-0.2, -0.15) is 0 Å². The van der Waals surface area contributed by atoms with Crippen molar-refractivity contribution >= 4 is 17.9 Å². The minimum absolute atomic E-state index is 0.0636. The molecule has 0 aromatic carbocycles. The molecule has 0 saturated carbocycles. The fourth-order valence-electron chi connectivity index (χ4n) is 7.33. The van der Waals surface area contributed by atoms with E-state index >= 15 is 0 Å². The van der Waals surface area contributed by atoms with Crippen molar-refractivity contribution in [3.05, 3.63) is 0 Å². The zero-order valence-corrected chi connectivity index (χ0v) is 37.4. The average molecular weight is 779 g/mol. The Morgan fingerprint density at radius 2 is 0.600 bits per heavy atom. The third kappa shape index (κ3) is 43.4. The van der Waals surface area contributed by atoms with Crippen LogP contribution in [0.4, 0.5) is 0 Å². The van der Waals surface area contributed by atoms with E-state index in [0.717, 1.165) is 63.7 Å². The average Bonchev–Trinajstić information content (AvgIpc) is 3.17. The molecule has 1 atom stereocenters. The number of carbonyl (C=O) groups is 3. The molecule has 0 aliphatic heterocycles. The molecule has 0 aliphatic rings. The molecule has 0 fully saturated rings. The molecular formula is C49H94O6. The van der Waals surface area contributed by atoms with Gasteiger partial charge in [0.05, 0.1) is 0 Å². The largest absolute Gasteiger partial charge is 0.462 e. The minimum atomic E-state index is -0.760. The zero-order chi connectivity index (χ0) is 40.3. The van der Waals surface area contributed by atoms with Gasteiger partial charge in [0, 0.05) is 19.3 Å². The molecule has 6 heteroatoms.